The largest absolute Gasteiger partial charge is 0.381 e. The van der Waals surface area contributed by atoms with Crippen LogP contribution in [0.5, 0.6) is 0 Å². The van der Waals surface area contributed by atoms with Gasteiger partial charge in [0.1, 0.15) is 0 Å². The van der Waals surface area contributed by atoms with Gasteiger partial charge in [-0.3, -0.25) is 0 Å². The maximum atomic E-state index is 6.23. The van der Waals surface area contributed by atoms with Crippen LogP contribution in [-0.4, -0.2) is 22.2 Å². The van der Waals surface area contributed by atoms with Gasteiger partial charge in [0, 0.05) is 29.0 Å². The summed E-state index contributed by atoms with van der Waals surface area (Å²) in [5, 5.41) is 5.19. The average molecular weight is 411 g/mol. The number of nitrogens with one attached hydrogen (secondary N) is 1. The topological polar surface area (TPSA) is 39.1 Å². The number of rotatable bonds is 8. The molecule has 3 rings (SSSR count). The number of ether oxygens (including phenoxy) is 1. The quantitative estimate of drug-likeness (QED) is 0.530. The summed E-state index contributed by atoms with van der Waals surface area (Å²) in [7, 11) is 0. The summed E-state index contributed by atoms with van der Waals surface area (Å²) in [4.78, 5) is 4.08. The van der Waals surface area contributed by atoms with Gasteiger partial charge in [0.2, 0.25) is 0 Å². The van der Waals surface area contributed by atoms with Gasteiger partial charge >= 0.3 is 0 Å². The fraction of sp³-hybridized carbons (Fsp3) is 0.211. The van der Waals surface area contributed by atoms with Crippen LogP contribution in [-0.2, 0) is 17.9 Å². The van der Waals surface area contributed by atoms with Crippen LogP contribution in [0.25, 0.3) is 0 Å². The van der Waals surface area contributed by atoms with E-state index in [4.69, 9.17) is 39.5 Å². The molecule has 0 spiro atoms. The molecule has 2 aromatic carbocycles. The third-order valence-corrected chi connectivity index (χ3v) is 4.77. The van der Waals surface area contributed by atoms with E-state index in [1.807, 2.05) is 41.1 Å². The zero-order valence-electron chi connectivity index (χ0n) is 13.9. The van der Waals surface area contributed by atoms with Crippen molar-refractivity contribution in [2.45, 2.75) is 19.3 Å². The Hall–Kier alpha value is -1.72. The molecule has 3 aromatic rings. The van der Waals surface area contributed by atoms with Crippen molar-refractivity contribution < 1.29 is 4.74 Å². The molecule has 0 aliphatic heterocycles. The fourth-order valence-electron chi connectivity index (χ4n) is 2.49. The lowest BCUT2D eigenvalue weighted by Gasteiger charge is -2.20. The van der Waals surface area contributed by atoms with Gasteiger partial charge < -0.3 is 14.6 Å². The molecule has 0 aliphatic carbocycles. The molecule has 0 aliphatic rings. The van der Waals surface area contributed by atoms with Gasteiger partial charge in [-0.25, -0.2) is 4.98 Å². The van der Waals surface area contributed by atoms with E-state index in [2.05, 4.69) is 10.3 Å². The molecule has 0 fully saturated rings. The maximum absolute atomic E-state index is 6.23. The highest BCUT2D eigenvalue weighted by molar-refractivity contribution is 6.36. The van der Waals surface area contributed by atoms with E-state index in [1.165, 1.54) is 0 Å². The zero-order valence-corrected chi connectivity index (χ0v) is 16.2. The molecule has 1 atom stereocenters. The monoisotopic (exact) mass is 409 g/mol. The molecule has 0 saturated carbocycles. The van der Waals surface area contributed by atoms with E-state index in [1.54, 1.807) is 24.7 Å². The second kappa shape index (κ2) is 9.28. The number of anilines is 1. The molecule has 1 unspecified atom stereocenters. The summed E-state index contributed by atoms with van der Waals surface area (Å²) in [6.07, 6.45) is 5.31. The first-order valence-corrected chi connectivity index (χ1v) is 9.25. The first-order chi connectivity index (χ1) is 12.6. The SMILES string of the molecule is Clc1ccc(NCC(Cn2ccnc2)OCc2ccccc2Cl)c(Cl)c1. The van der Waals surface area contributed by atoms with Crippen LogP contribution in [0.3, 0.4) is 0 Å². The highest BCUT2D eigenvalue weighted by Crippen LogP contribution is 2.25. The van der Waals surface area contributed by atoms with Gasteiger partial charge in [0.15, 0.2) is 0 Å². The van der Waals surface area contributed by atoms with Crippen molar-refractivity contribution in [2.75, 3.05) is 11.9 Å². The minimum atomic E-state index is -0.104. The lowest BCUT2D eigenvalue weighted by atomic mass is 10.2. The average Bonchev–Trinajstić information content (AvgIpc) is 3.13. The molecule has 7 heteroatoms. The zero-order chi connectivity index (χ0) is 18.4. The molecular formula is C19H18Cl3N3O. The molecule has 4 nitrogen and oxygen atoms in total. The maximum Gasteiger partial charge on any atom is 0.0946 e. The number of nitrogens with zero attached hydrogens (tertiary/aromatic N) is 2. The Bertz CT molecular complexity index is 840. The number of benzene rings is 2. The summed E-state index contributed by atoms with van der Waals surface area (Å²) < 4.78 is 8.08. The van der Waals surface area contributed by atoms with Gasteiger partial charge in [0.25, 0.3) is 0 Å². The predicted molar refractivity (Wildman–Crippen MR) is 107 cm³/mol. The number of imidazole rings is 1. The van der Waals surface area contributed by atoms with Crippen LogP contribution < -0.4 is 5.32 Å². The molecule has 1 heterocycles. The minimum absolute atomic E-state index is 0.104. The van der Waals surface area contributed by atoms with Crippen molar-refractivity contribution >= 4 is 40.5 Å². The van der Waals surface area contributed by atoms with Crippen LogP contribution in [0, 0.1) is 0 Å². The van der Waals surface area contributed by atoms with Crippen LogP contribution >= 0.6 is 34.8 Å². The fourth-order valence-corrected chi connectivity index (χ4v) is 3.15. The van der Waals surface area contributed by atoms with Crippen molar-refractivity contribution in [3.05, 3.63) is 81.8 Å². The molecule has 0 radical (unpaired) electrons. The smallest absolute Gasteiger partial charge is 0.0946 e. The predicted octanol–water partition coefficient (Wildman–Crippen LogP) is 5.54. The van der Waals surface area contributed by atoms with E-state index in [0.29, 0.717) is 34.8 Å². The van der Waals surface area contributed by atoms with Crippen LogP contribution in [0.1, 0.15) is 5.56 Å². The summed E-state index contributed by atoms with van der Waals surface area (Å²) in [6, 6.07) is 13.0. The molecule has 0 saturated heterocycles. The minimum Gasteiger partial charge on any atom is -0.381 e. The Labute approximate surface area is 167 Å². The number of hydrogen-bond donors (Lipinski definition) is 1. The Kier molecular flexibility index (Phi) is 6.80. The summed E-state index contributed by atoms with van der Waals surface area (Å²) in [5.41, 5.74) is 1.77. The van der Waals surface area contributed by atoms with Crippen LogP contribution in [0.15, 0.2) is 61.2 Å². The van der Waals surface area contributed by atoms with Crippen molar-refractivity contribution in [3.8, 4) is 0 Å². The molecule has 1 aromatic heterocycles. The first-order valence-electron chi connectivity index (χ1n) is 8.11. The van der Waals surface area contributed by atoms with Gasteiger partial charge in [0.05, 0.1) is 36.3 Å². The molecule has 136 valence electrons. The third kappa shape index (κ3) is 5.39. The van der Waals surface area contributed by atoms with E-state index >= 15 is 0 Å². The number of hydrogen-bond acceptors (Lipinski definition) is 3. The lowest BCUT2D eigenvalue weighted by Crippen LogP contribution is -2.28. The van der Waals surface area contributed by atoms with Crippen LogP contribution in [0.2, 0.25) is 15.1 Å². The number of aromatic nitrogens is 2. The number of halogens is 3. The van der Waals surface area contributed by atoms with Gasteiger partial charge in [-0.15, -0.1) is 0 Å². The van der Waals surface area contributed by atoms with Crippen molar-refractivity contribution in [3.63, 3.8) is 0 Å². The molecule has 0 amide bonds. The summed E-state index contributed by atoms with van der Waals surface area (Å²) >= 11 is 18.4. The van der Waals surface area contributed by atoms with Crippen molar-refractivity contribution in [2.24, 2.45) is 0 Å². The Morgan fingerprint density at radius 1 is 1.08 bits per heavy atom. The summed E-state index contributed by atoms with van der Waals surface area (Å²) in [6.45, 7) is 1.65. The Morgan fingerprint density at radius 2 is 1.92 bits per heavy atom. The van der Waals surface area contributed by atoms with E-state index in [-0.39, 0.29) is 6.10 Å². The third-order valence-electron chi connectivity index (χ3n) is 3.86. The Morgan fingerprint density at radius 3 is 2.65 bits per heavy atom. The van der Waals surface area contributed by atoms with Crippen molar-refractivity contribution in [1.29, 1.82) is 0 Å². The molecule has 0 bridgehead atoms. The van der Waals surface area contributed by atoms with E-state index in [0.717, 1.165) is 11.3 Å². The Balaban J connectivity index is 1.65. The van der Waals surface area contributed by atoms with E-state index in [9.17, 15) is 0 Å². The lowest BCUT2D eigenvalue weighted by molar-refractivity contribution is 0.0379. The van der Waals surface area contributed by atoms with Crippen LogP contribution in [0.4, 0.5) is 5.69 Å². The molecular weight excluding hydrogens is 393 g/mol. The van der Waals surface area contributed by atoms with Gasteiger partial charge in [-0.05, 0) is 29.8 Å². The van der Waals surface area contributed by atoms with Gasteiger partial charge in [-0.1, -0.05) is 53.0 Å². The van der Waals surface area contributed by atoms with Crippen molar-refractivity contribution in [1.82, 2.24) is 9.55 Å². The second-order valence-corrected chi connectivity index (χ2v) is 7.04. The first kappa shape index (κ1) is 19.1. The standard InChI is InChI=1S/C19H18Cl3N3O/c20-15-5-6-19(18(22)9-15)24-10-16(11-25-8-7-23-13-25)26-12-14-3-1-2-4-17(14)21/h1-9,13,16,24H,10-12H2. The molecule has 26 heavy (non-hydrogen) atoms. The highest BCUT2D eigenvalue weighted by Gasteiger charge is 2.12. The summed E-state index contributed by atoms with van der Waals surface area (Å²) in [5.74, 6) is 0. The normalized spacial score (nSPS) is 12.1. The second-order valence-electron chi connectivity index (χ2n) is 5.79. The van der Waals surface area contributed by atoms with E-state index < -0.39 is 0 Å². The highest BCUT2D eigenvalue weighted by atomic mass is 35.5. The van der Waals surface area contributed by atoms with Gasteiger partial charge in [-0.2, -0.15) is 0 Å². The molecule has 1 N–H and O–H groups in total.